The van der Waals surface area contributed by atoms with E-state index < -0.39 is 0 Å². The molecular formula is C31H26IrNO2S-. The van der Waals surface area contributed by atoms with Crippen molar-refractivity contribution in [3.8, 4) is 32.8 Å². The number of aryl methyl sites for hydroxylation is 1. The minimum atomic E-state index is -0.125. The van der Waals surface area contributed by atoms with Gasteiger partial charge in [-0.2, -0.15) is 0 Å². The van der Waals surface area contributed by atoms with Crippen molar-refractivity contribution in [1.82, 2.24) is 4.98 Å². The molecule has 0 aliphatic rings. The largest absolute Gasteiger partial charge is 0.512 e. The van der Waals surface area contributed by atoms with Crippen LogP contribution in [0, 0.1) is 13.0 Å². The fourth-order valence-electron chi connectivity index (χ4n) is 3.83. The first-order valence-corrected chi connectivity index (χ1v) is 12.1. The molecule has 1 radical (unpaired) electrons. The summed E-state index contributed by atoms with van der Waals surface area (Å²) in [5, 5.41) is 8.36. The van der Waals surface area contributed by atoms with Crippen molar-refractivity contribution in [3.63, 3.8) is 0 Å². The Morgan fingerprint density at radius 3 is 2.11 bits per heavy atom. The number of carbonyl (C=O) groups excluding carboxylic acids is 1. The van der Waals surface area contributed by atoms with Crippen molar-refractivity contribution in [3.05, 3.63) is 114 Å². The number of nitrogens with zero attached hydrogens (tertiary/aromatic N) is 1. The number of aliphatic hydroxyl groups excluding tert-OH is 1. The number of aromatic nitrogens is 1. The van der Waals surface area contributed by atoms with E-state index in [2.05, 4.69) is 91.9 Å². The number of hydrogen-bond donors (Lipinski definition) is 1. The predicted molar refractivity (Wildman–Crippen MR) is 147 cm³/mol. The number of thiophene rings is 1. The van der Waals surface area contributed by atoms with Gasteiger partial charge in [0.05, 0.1) is 16.0 Å². The summed E-state index contributed by atoms with van der Waals surface area (Å²) in [6, 6.07) is 34.9. The minimum Gasteiger partial charge on any atom is -0.512 e. The Balaban J connectivity index is 0.000000400. The number of benzene rings is 3. The third-order valence-corrected chi connectivity index (χ3v) is 6.69. The van der Waals surface area contributed by atoms with Crippen LogP contribution in [0.3, 0.4) is 0 Å². The van der Waals surface area contributed by atoms with Crippen LogP contribution in [0.15, 0.2) is 103 Å². The molecule has 3 aromatic carbocycles. The van der Waals surface area contributed by atoms with Gasteiger partial charge in [0.25, 0.3) is 0 Å². The summed E-state index contributed by atoms with van der Waals surface area (Å²) in [4.78, 5) is 16.3. The van der Waals surface area contributed by atoms with Crippen LogP contribution in [-0.4, -0.2) is 15.9 Å². The Morgan fingerprint density at radius 1 is 0.889 bits per heavy atom. The zero-order valence-electron chi connectivity index (χ0n) is 20.3. The minimum absolute atomic E-state index is 0. The number of fused-ring (bicyclic) bond motifs is 1. The zero-order valence-corrected chi connectivity index (χ0v) is 23.5. The van der Waals surface area contributed by atoms with Crippen LogP contribution in [0.1, 0.15) is 19.4 Å². The van der Waals surface area contributed by atoms with Crippen molar-refractivity contribution >= 4 is 27.3 Å². The zero-order chi connectivity index (χ0) is 24.8. The Bertz CT molecular complexity index is 1490. The molecule has 2 aromatic heterocycles. The molecule has 0 bridgehead atoms. The summed E-state index contributed by atoms with van der Waals surface area (Å²) in [5.74, 6) is -0.0625. The first-order valence-electron chi connectivity index (χ1n) is 11.3. The molecule has 0 amide bonds. The first-order chi connectivity index (χ1) is 16.9. The molecule has 0 unspecified atom stereocenters. The molecule has 183 valence electrons. The van der Waals surface area contributed by atoms with Crippen molar-refractivity contribution in [2.24, 2.45) is 0 Å². The first kappa shape index (κ1) is 27.2. The SMILES string of the molecule is CC(=O)/C=C(/C)O.Cc1c(-c2ccccc2)sc2ccc(-c3[c-]ccc(-c4ccccc4)c3)nc12.[Ir]. The summed E-state index contributed by atoms with van der Waals surface area (Å²) < 4.78 is 1.22. The molecule has 1 N–H and O–H groups in total. The van der Waals surface area contributed by atoms with E-state index in [0.717, 1.165) is 16.8 Å². The Hall–Kier alpha value is -3.37. The molecule has 2 heterocycles. The topological polar surface area (TPSA) is 50.2 Å². The van der Waals surface area contributed by atoms with Crippen LogP contribution in [0.4, 0.5) is 0 Å². The summed E-state index contributed by atoms with van der Waals surface area (Å²) >= 11 is 1.81. The second-order valence-corrected chi connectivity index (χ2v) is 9.27. The van der Waals surface area contributed by atoms with Crippen LogP contribution < -0.4 is 0 Å². The van der Waals surface area contributed by atoms with Crippen molar-refractivity contribution in [1.29, 1.82) is 0 Å². The molecule has 3 nitrogen and oxygen atoms in total. The van der Waals surface area contributed by atoms with E-state index in [9.17, 15) is 4.79 Å². The van der Waals surface area contributed by atoms with Gasteiger partial charge in [-0.25, -0.2) is 0 Å². The monoisotopic (exact) mass is 669 g/mol. The average molecular weight is 669 g/mol. The summed E-state index contributed by atoms with van der Waals surface area (Å²) in [5.41, 5.74) is 7.95. The summed E-state index contributed by atoms with van der Waals surface area (Å²) in [7, 11) is 0. The van der Waals surface area contributed by atoms with Crippen molar-refractivity contribution in [2.45, 2.75) is 20.8 Å². The van der Waals surface area contributed by atoms with Gasteiger partial charge in [0.1, 0.15) is 0 Å². The van der Waals surface area contributed by atoms with Gasteiger partial charge >= 0.3 is 0 Å². The van der Waals surface area contributed by atoms with E-state index in [1.165, 1.54) is 51.8 Å². The number of aliphatic hydroxyl groups is 1. The second kappa shape index (κ2) is 12.5. The van der Waals surface area contributed by atoms with Gasteiger partial charge in [0.2, 0.25) is 0 Å². The average Bonchev–Trinajstić information content (AvgIpc) is 3.20. The molecule has 0 aliphatic heterocycles. The van der Waals surface area contributed by atoms with Gasteiger partial charge < -0.3 is 5.11 Å². The molecule has 36 heavy (non-hydrogen) atoms. The van der Waals surface area contributed by atoms with E-state index in [-0.39, 0.29) is 31.6 Å². The molecule has 0 fully saturated rings. The van der Waals surface area contributed by atoms with Gasteiger partial charge in [-0.05, 0) is 49.2 Å². The molecule has 0 saturated carbocycles. The number of rotatable bonds is 4. The van der Waals surface area contributed by atoms with Crippen LogP contribution in [0.5, 0.6) is 0 Å². The van der Waals surface area contributed by atoms with Crippen molar-refractivity contribution < 1.29 is 30.0 Å². The number of allylic oxidation sites excluding steroid dienone is 2. The predicted octanol–water partition coefficient (Wildman–Crippen LogP) is 8.44. The second-order valence-electron chi connectivity index (χ2n) is 8.22. The van der Waals surface area contributed by atoms with E-state index in [4.69, 9.17) is 10.1 Å². The normalized spacial score (nSPS) is 10.8. The van der Waals surface area contributed by atoms with Crippen LogP contribution in [0.2, 0.25) is 0 Å². The molecule has 0 spiro atoms. The third kappa shape index (κ3) is 6.64. The Labute approximate surface area is 229 Å². The summed E-state index contributed by atoms with van der Waals surface area (Å²) in [6.07, 6.45) is 1.17. The molecular weight excluding hydrogens is 643 g/mol. The number of ketones is 1. The summed E-state index contributed by atoms with van der Waals surface area (Å²) in [6.45, 7) is 5.02. The van der Waals surface area contributed by atoms with E-state index >= 15 is 0 Å². The van der Waals surface area contributed by atoms with Gasteiger partial charge in [-0.15, -0.1) is 46.7 Å². The van der Waals surface area contributed by atoms with Gasteiger partial charge in [0, 0.05) is 31.1 Å². The fraction of sp³-hybridized carbons (Fsp3) is 0.0968. The van der Waals surface area contributed by atoms with Crippen LogP contribution >= 0.6 is 11.3 Å². The van der Waals surface area contributed by atoms with E-state index in [0.29, 0.717) is 0 Å². The maximum absolute atomic E-state index is 10.0. The van der Waals surface area contributed by atoms with Gasteiger partial charge in [-0.3, -0.25) is 9.78 Å². The van der Waals surface area contributed by atoms with Crippen molar-refractivity contribution in [2.75, 3.05) is 0 Å². The molecule has 5 aromatic rings. The van der Waals surface area contributed by atoms with Crippen LogP contribution in [0.25, 0.3) is 43.0 Å². The van der Waals surface area contributed by atoms with Gasteiger partial charge in [0.15, 0.2) is 5.78 Å². The van der Waals surface area contributed by atoms with E-state index in [1.54, 1.807) is 0 Å². The van der Waals surface area contributed by atoms with Crippen LogP contribution in [-0.2, 0) is 24.9 Å². The Kier molecular flexibility index (Phi) is 9.49. The maximum atomic E-state index is 10.0. The molecule has 0 saturated heterocycles. The Morgan fingerprint density at radius 2 is 1.53 bits per heavy atom. The molecule has 5 heteroatoms. The molecule has 5 rings (SSSR count). The quantitative estimate of drug-likeness (QED) is 0.119. The molecule has 0 aliphatic carbocycles. The smallest absolute Gasteiger partial charge is 0.155 e. The standard InChI is InChI=1S/C26H18NS.C5H8O2.Ir/c1-18-25-24(28-26(18)20-11-6-3-7-12-20)16-15-23(27-25)22-14-8-13-21(17-22)19-9-4-2-5-10-19;1-4(6)3-5(2)7;/h2-13,15-17H,1H3;3,6H,1-2H3;/q-1;;/b;4-3-;. The van der Waals surface area contributed by atoms with E-state index in [1.807, 2.05) is 23.5 Å². The third-order valence-electron chi connectivity index (χ3n) is 5.40. The number of pyridine rings is 1. The number of hydrogen-bond acceptors (Lipinski definition) is 4. The molecule has 0 atom stereocenters. The van der Waals surface area contributed by atoms with Gasteiger partial charge in [-0.1, -0.05) is 66.7 Å². The maximum Gasteiger partial charge on any atom is 0.155 e. The number of carbonyl (C=O) groups is 1. The fourth-order valence-corrected chi connectivity index (χ4v) is 4.98.